The minimum absolute atomic E-state index is 0.0347. The summed E-state index contributed by atoms with van der Waals surface area (Å²) >= 11 is 0. The molecule has 0 heterocycles. The van der Waals surface area contributed by atoms with Crippen molar-refractivity contribution < 1.29 is 26.3 Å². The maximum Gasteiger partial charge on any atom is 0.407 e. The van der Waals surface area contributed by atoms with Gasteiger partial charge in [0.1, 0.15) is 12.4 Å². The third kappa shape index (κ3) is 4.44. The van der Waals surface area contributed by atoms with Gasteiger partial charge in [-0.05, 0) is 24.3 Å². The van der Waals surface area contributed by atoms with Crippen molar-refractivity contribution in [2.45, 2.75) is 11.1 Å². The average Bonchev–Trinajstić information content (AvgIpc) is 2.27. The van der Waals surface area contributed by atoms with Crippen LogP contribution in [-0.4, -0.2) is 27.5 Å². The summed E-state index contributed by atoms with van der Waals surface area (Å²) in [4.78, 5) is 0.0347. The molecule has 0 amide bonds. The summed E-state index contributed by atoms with van der Waals surface area (Å²) in [7, 11) is -3.37. The monoisotopic (exact) mass is 293 g/mol. The molecule has 1 unspecified atom stereocenters. The van der Waals surface area contributed by atoms with Crippen LogP contribution >= 0.6 is 0 Å². The van der Waals surface area contributed by atoms with Crippen molar-refractivity contribution in [2.24, 2.45) is 5.92 Å². The first-order valence-electron chi connectivity index (χ1n) is 5.04. The fraction of sp³-hybridized carbons (Fsp3) is 0.364. The zero-order chi connectivity index (χ0) is 14.7. The lowest BCUT2D eigenvalue weighted by Gasteiger charge is -2.14. The lowest BCUT2D eigenvalue weighted by Crippen LogP contribution is -2.27. The average molecular weight is 293 g/mol. The van der Waals surface area contributed by atoms with Gasteiger partial charge in [-0.15, -0.1) is 0 Å². The summed E-state index contributed by atoms with van der Waals surface area (Å²) in [6.45, 7) is -0.835. The molecule has 1 aromatic rings. The Morgan fingerprint density at radius 2 is 1.84 bits per heavy atom. The van der Waals surface area contributed by atoms with Crippen LogP contribution < -0.4 is 4.74 Å². The van der Waals surface area contributed by atoms with Crippen molar-refractivity contribution in [2.75, 3.05) is 12.9 Å². The second-order valence-corrected chi connectivity index (χ2v) is 5.79. The van der Waals surface area contributed by atoms with E-state index in [4.69, 9.17) is 10.00 Å². The standard InChI is InChI=1S/C11H10F3NO3S/c1-19(16,17)10-4-2-9(3-5-10)18-7-8(6-15)11(12,13)14/h2-5,8H,7H2,1H3. The number of ether oxygens (including phenoxy) is 1. The quantitative estimate of drug-likeness (QED) is 0.853. The van der Waals surface area contributed by atoms with Gasteiger partial charge in [-0.25, -0.2) is 8.42 Å². The zero-order valence-electron chi connectivity index (χ0n) is 9.81. The predicted molar refractivity (Wildman–Crippen MR) is 60.2 cm³/mol. The van der Waals surface area contributed by atoms with Gasteiger partial charge in [-0.1, -0.05) is 0 Å². The Morgan fingerprint density at radius 3 is 2.21 bits per heavy atom. The third-order valence-electron chi connectivity index (χ3n) is 2.22. The van der Waals surface area contributed by atoms with Crippen molar-refractivity contribution in [3.05, 3.63) is 24.3 Å². The number of sulfone groups is 1. The van der Waals surface area contributed by atoms with Gasteiger partial charge in [-0.3, -0.25) is 0 Å². The molecular formula is C11H10F3NO3S. The van der Waals surface area contributed by atoms with Gasteiger partial charge >= 0.3 is 6.18 Å². The SMILES string of the molecule is CS(=O)(=O)c1ccc(OCC(C#N)C(F)(F)F)cc1. The zero-order valence-corrected chi connectivity index (χ0v) is 10.6. The van der Waals surface area contributed by atoms with Crippen LogP contribution in [0, 0.1) is 17.2 Å². The van der Waals surface area contributed by atoms with Gasteiger partial charge in [0.25, 0.3) is 0 Å². The van der Waals surface area contributed by atoms with Crippen LogP contribution in [0.3, 0.4) is 0 Å². The van der Waals surface area contributed by atoms with Crippen LogP contribution in [0.1, 0.15) is 0 Å². The Kier molecular flexibility index (Phi) is 4.42. The summed E-state index contributed by atoms with van der Waals surface area (Å²) in [5.41, 5.74) is 0. The molecule has 0 N–H and O–H groups in total. The Balaban J connectivity index is 2.73. The van der Waals surface area contributed by atoms with Crippen molar-refractivity contribution in [3.8, 4) is 11.8 Å². The summed E-state index contributed by atoms with van der Waals surface area (Å²) in [6.07, 6.45) is -3.64. The van der Waals surface area contributed by atoms with E-state index in [0.29, 0.717) is 0 Å². The Bertz CT molecular complexity index is 573. The van der Waals surface area contributed by atoms with Crippen molar-refractivity contribution in [3.63, 3.8) is 0 Å². The van der Waals surface area contributed by atoms with Gasteiger partial charge in [-0.2, -0.15) is 18.4 Å². The molecule has 19 heavy (non-hydrogen) atoms. The molecule has 0 saturated carbocycles. The summed E-state index contributed by atoms with van der Waals surface area (Å²) < 4.78 is 63.9. The van der Waals surface area contributed by atoms with Crippen LogP contribution in [-0.2, 0) is 9.84 Å². The number of halogens is 3. The largest absolute Gasteiger partial charge is 0.492 e. The maximum absolute atomic E-state index is 12.3. The van der Waals surface area contributed by atoms with E-state index in [2.05, 4.69) is 0 Å². The molecule has 1 aromatic carbocycles. The van der Waals surface area contributed by atoms with Gasteiger partial charge in [0.05, 0.1) is 11.0 Å². The maximum atomic E-state index is 12.3. The Morgan fingerprint density at radius 1 is 1.32 bits per heavy atom. The number of hydrogen-bond acceptors (Lipinski definition) is 4. The first-order chi connectivity index (χ1) is 8.64. The number of hydrogen-bond donors (Lipinski definition) is 0. The van der Waals surface area contributed by atoms with E-state index in [-0.39, 0.29) is 10.6 Å². The van der Waals surface area contributed by atoms with Crippen LogP contribution in [0.2, 0.25) is 0 Å². The normalized spacial score (nSPS) is 13.6. The van der Waals surface area contributed by atoms with Crippen LogP contribution in [0.5, 0.6) is 5.75 Å². The summed E-state index contributed by atoms with van der Waals surface area (Å²) in [5, 5.41) is 8.36. The Hall–Kier alpha value is -1.75. The third-order valence-corrected chi connectivity index (χ3v) is 3.35. The minimum Gasteiger partial charge on any atom is -0.492 e. The molecule has 0 fully saturated rings. The highest BCUT2D eigenvalue weighted by Gasteiger charge is 2.40. The molecule has 0 aliphatic heterocycles. The number of nitriles is 1. The van der Waals surface area contributed by atoms with E-state index in [0.717, 1.165) is 12.3 Å². The molecule has 0 aromatic heterocycles. The molecule has 0 aliphatic rings. The summed E-state index contributed by atoms with van der Waals surface area (Å²) in [6, 6.07) is 6.02. The highest BCUT2D eigenvalue weighted by Crippen LogP contribution is 2.26. The fourth-order valence-corrected chi connectivity index (χ4v) is 1.80. The van der Waals surface area contributed by atoms with Gasteiger partial charge in [0.15, 0.2) is 15.8 Å². The number of benzene rings is 1. The molecule has 0 bridgehead atoms. The highest BCUT2D eigenvalue weighted by atomic mass is 32.2. The van der Waals surface area contributed by atoms with E-state index < -0.39 is 28.5 Å². The van der Waals surface area contributed by atoms with E-state index >= 15 is 0 Å². The molecule has 1 rings (SSSR count). The summed E-state index contributed by atoms with van der Waals surface area (Å²) in [5.74, 6) is -2.15. The lowest BCUT2D eigenvalue weighted by atomic mass is 10.2. The predicted octanol–water partition coefficient (Wildman–Crippen LogP) is 2.17. The van der Waals surface area contributed by atoms with Crippen LogP contribution in [0.15, 0.2) is 29.2 Å². The van der Waals surface area contributed by atoms with Gasteiger partial charge in [0.2, 0.25) is 0 Å². The van der Waals surface area contributed by atoms with E-state index in [1.807, 2.05) is 0 Å². The fourth-order valence-electron chi connectivity index (χ4n) is 1.17. The van der Waals surface area contributed by atoms with Crippen LogP contribution in [0.4, 0.5) is 13.2 Å². The molecule has 0 saturated heterocycles. The first kappa shape index (κ1) is 15.3. The molecule has 8 heteroatoms. The number of rotatable bonds is 4. The second kappa shape index (κ2) is 5.48. The minimum atomic E-state index is -4.65. The second-order valence-electron chi connectivity index (χ2n) is 3.78. The number of nitrogens with zero attached hydrogens (tertiary/aromatic N) is 1. The van der Waals surface area contributed by atoms with E-state index in [1.54, 1.807) is 0 Å². The molecule has 104 valence electrons. The molecule has 1 atom stereocenters. The lowest BCUT2D eigenvalue weighted by molar-refractivity contribution is -0.165. The molecule has 0 spiro atoms. The molecule has 0 aliphatic carbocycles. The topological polar surface area (TPSA) is 67.2 Å². The van der Waals surface area contributed by atoms with Gasteiger partial charge < -0.3 is 4.74 Å². The highest BCUT2D eigenvalue weighted by molar-refractivity contribution is 7.90. The molecule has 4 nitrogen and oxygen atoms in total. The first-order valence-corrected chi connectivity index (χ1v) is 6.93. The van der Waals surface area contributed by atoms with E-state index in [9.17, 15) is 21.6 Å². The van der Waals surface area contributed by atoms with E-state index in [1.165, 1.54) is 24.3 Å². The number of alkyl halides is 3. The van der Waals surface area contributed by atoms with Gasteiger partial charge in [0, 0.05) is 6.26 Å². The van der Waals surface area contributed by atoms with Crippen LogP contribution in [0.25, 0.3) is 0 Å². The molecule has 0 radical (unpaired) electrons. The smallest absolute Gasteiger partial charge is 0.407 e. The van der Waals surface area contributed by atoms with Crippen molar-refractivity contribution >= 4 is 9.84 Å². The molecular weight excluding hydrogens is 283 g/mol. The Labute approximate surface area is 108 Å². The van der Waals surface area contributed by atoms with Crippen molar-refractivity contribution in [1.29, 1.82) is 5.26 Å². The van der Waals surface area contributed by atoms with Crippen molar-refractivity contribution in [1.82, 2.24) is 0 Å².